The molecule has 0 unspecified atom stereocenters. The molecule has 0 fully saturated rings. The number of nitro benzene ring substituents is 1. The van der Waals surface area contributed by atoms with Crippen LogP contribution >= 0.6 is 0 Å². The number of ether oxygens (including phenoxy) is 1. The van der Waals surface area contributed by atoms with Gasteiger partial charge in [-0.25, -0.2) is 4.39 Å². The highest BCUT2D eigenvalue weighted by atomic mass is 19.1. The molecule has 0 aliphatic rings. The zero-order valence-corrected chi connectivity index (χ0v) is 12.5. The first-order valence-corrected chi connectivity index (χ1v) is 6.83. The van der Waals surface area contributed by atoms with Crippen molar-refractivity contribution in [3.63, 3.8) is 0 Å². The molecule has 0 bridgehead atoms. The van der Waals surface area contributed by atoms with Crippen molar-refractivity contribution in [3.8, 4) is 11.8 Å². The van der Waals surface area contributed by atoms with Gasteiger partial charge in [0.2, 0.25) is 5.75 Å². The van der Waals surface area contributed by atoms with Crippen molar-refractivity contribution in [1.82, 2.24) is 0 Å². The summed E-state index contributed by atoms with van der Waals surface area (Å²) in [6, 6.07) is 11.0. The first kappa shape index (κ1) is 16.9. The van der Waals surface area contributed by atoms with Crippen molar-refractivity contribution in [2.24, 2.45) is 0 Å². The van der Waals surface area contributed by atoms with Gasteiger partial charge in [-0.05, 0) is 25.1 Å². The zero-order valence-electron chi connectivity index (χ0n) is 12.5. The van der Waals surface area contributed by atoms with E-state index >= 15 is 0 Å². The van der Waals surface area contributed by atoms with E-state index in [0.29, 0.717) is 0 Å². The Morgan fingerprint density at radius 3 is 2.75 bits per heavy atom. The lowest BCUT2D eigenvalue weighted by atomic mass is 10.2. The third-order valence-electron chi connectivity index (χ3n) is 3.10. The number of hydrogen-bond donors (Lipinski definition) is 1. The number of nitrogens with one attached hydrogen (secondary N) is 1. The molecular formula is C16H12FN3O4. The molecule has 122 valence electrons. The number of nitriles is 1. The standard InChI is InChI=1S/C16H12FN3O4/c1-10(16(21)19-13-5-3-2-4-11(13)9-18)24-15-8-12(17)6-7-14(15)20(22)23/h2-8,10H,1H3,(H,19,21)/t10-/m1/s1. The van der Waals surface area contributed by atoms with Crippen molar-refractivity contribution in [2.75, 3.05) is 5.32 Å². The second-order valence-electron chi connectivity index (χ2n) is 4.78. The fraction of sp³-hybridized carbons (Fsp3) is 0.125. The topological polar surface area (TPSA) is 105 Å². The third kappa shape index (κ3) is 3.84. The average molecular weight is 329 g/mol. The fourth-order valence-electron chi connectivity index (χ4n) is 1.90. The van der Waals surface area contributed by atoms with Crippen LogP contribution in [0.2, 0.25) is 0 Å². The van der Waals surface area contributed by atoms with Crippen LogP contribution in [0.15, 0.2) is 42.5 Å². The molecule has 0 aliphatic heterocycles. The van der Waals surface area contributed by atoms with Gasteiger partial charge < -0.3 is 10.1 Å². The quantitative estimate of drug-likeness (QED) is 0.670. The second-order valence-corrected chi connectivity index (χ2v) is 4.78. The summed E-state index contributed by atoms with van der Waals surface area (Å²) < 4.78 is 18.5. The predicted octanol–water partition coefficient (Wildman–Crippen LogP) is 3.01. The van der Waals surface area contributed by atoms with Crippen molar-refractivity contribution in [1.29, 1.82) is 5.26 Å². The van der Waals surface area contributed by atoms with Gasteiger partial charge in [0.05, 0.1) is 16.2 Å². The van der Waals surface area contributed by atoms with E-state index in [0.717, 1.165) is 18.2 Å². The Morgan fingerprint density at radius 2 is 2.08 bits per heavy atom. The molecule has 0 saturated carbocycles. The molecule has 0 heterocycles. The molecule has 1 atom stereocenters. The Bertz CT molecular complexity index is 832. The second kappa shape index (κ2) is 7.19. The number of carbonyl (C=O) groups is 1. The van der Waals surface area contributed by atoms with E-state index in [1.54, 1.807) is 12.1 Å². The Balaban J connectivity index is 2.17. The van der Waals surface area contributed by atoms with Crippen LogP contribution in [0.5, 0.6) is 5.75 Å². The summed E-state index contributed by atoms with van der Waals surface area (Å²) in [5.41, 5.74) is 0.0949. The van der Waals surface area contributed by atoms with Crippen LogP contribution in [0.25, 0.3) is 0 Å². The molecular weight excluding hydrogens is 317 g/mol. The van der Waals surface area contributed by atoms with Crippen LogP contribution in [0.3, 0.4) is 0 Å². The summed E-state index contributed by atoms with van der Waals surface area (Å²) in [5, 5.41) is 22.4. The molecule has 2 aromatic carbocycles. The molecule has 2 rings (SSSR count). The number of amides is 1. The summed E-state index contributed by atoms with van der Waals surface area (Å²) in [6.45, 7) is 1.36. The summed E-state index contributed by atoms with van der Waals surface area (Å²) >= 11 is 0. The maximum absolute atomic E-state index is 13.3. The van der Waals surface area contributed by atoms with Crippen LogP contribution in [0.1, 0.15) is 12.5 Å². The smallest absolute Gasteiger partial charge is 0.311 e. The van der Waals surface area contributed by atoms with Gasteiger partial charge >= 0.3 is 5.69 Å². The number of hydrogen-bond acceptors (Lipinski definition) is 5. The molecule has 0 aliphatic carbocycles. The molecule has 0 aromatic heterocycles. The van der Waals surface area contributed by atoms with E-state index in [9.17, 15) is 19.3 Å². The minimum atomic E-state index is -1.14. The van der Waals surface area contributed by atoms with E-state index in [-0.39, 0.29) is 17.0 Å². The third-order valence-corrected chi connectivity index (χ3v) is 3.10. The van der Waals surface area contributed by atoms with Gasteiger partial charge in [0.15, 0.2) is 6.10 Å². The number of para-hydroxylation sites is 1. The van der Waals surface area contributed by atoms with Gasteiger partial charge in [-0.2, -0.15) is 5.26 Å². The minimum Gasteiger partial charge on any atom is -0.474 e. The number of nitrogens with zero attached hydrogens (tertiary/aromatic N) is 2. The number of rotatable bonds is 5. The molecule has 0 spiro atoms. The van der Waals surface area contributed by atoms with E-state index in [4.69, 9.17) is 10.00 Å². The van der Waals surface area contributed by atoms with Gasteiger partial charge in [0.25, 0.3) is 5.91 Å². The normalized spacial score (nSPS) is 11.2. The SMILES string of the molecule is C[C@@H](Oc1cc(F)ccc1[N+](=O)[O-])C(=O)Nc1ccccc1C#N. The van der Waals surface area contributed by atoms with E-state index < -0.39 is 28.4 Å². The molecule has 8 heteroatoms. The summed E-state index contributed by atoms with van der Waals surface area (Å²) in [4.78, 5) is 22.3. The summed E-state index contributed by atoms with van der Waals surface area (Å²) in [7, 11) is 0. The number of carbonyl (C=O) groups excluding carboxylic acids is 1. The first-order chi connectivity index (χ1) is 11.4. The highest BCUT2D eigenvalue weighted by Gasteiger charge is 2.22. The number of anilines is 1. The maximum Gasteiger partial charge on any atom is 0.311 e. The van der Waals surface area contributed by atoms with Crippen LogP contribution in [0, 0.1) is 27.3 Å². The van der Waals surface area contributed by atoms with Crippen molar-refractivity contribution < 1.29 is 18.8 Å². The average Bonchev–Trinajstić information content (AvgIpc) is 2.55. The molecule has 2 aromatic rings. The van der Waals surface area contributed by atoms with Gasteiger partial charge in [0.1, 0.15) is 11.9 Å². The van der Waals surface area contributed by atoms with Crippen molar-refractivity contribution in [3.05, 3.63) is 64.0 Å². The molecule has 1 N–H and O–H groups in total. The van der Waals surface area contributed by atoms with Crippen LogP contribution in [-0.4, -0.2) is 16.9 Å². The molecule has 0 radical (unpaired) electrons. The van der Waals surface area contributed by atoms with Crippen molar-refractivity contribution >= 4 is 17.3 Å². The Hall–Kier alpha value is -3.47. The van der Waals surface area contributed by atoms with Gasteiger partial charge in [-0.1, -0.05) is 12.1 Å². The van der Waals surface area contributed by atoms with E-state index in [2.05, 4.69) is 5.32 Å². The first-order valence-electron chi connectivity index (χ1n) is 6.83. The maximum atomic E-state index is 13.3. The molecule has 7 nitrogen and oxygen atoms in total. The zero-order chi connectivity index (χ0) is 17.7. The Morgan fingerprint density at radius 1 is 1.38 bits per heavy atom. The van der Waals surface area contributed by atoms with Gasteiger partial charge in [-0.15, -0.1) is 0 Å². The summed E-state index contributed by atoms with van der Waals surface area (Å²) in [6.07, 6.45) is -1.14. The fourth-order valence-corrected chi connectivity index (χ4v) is 1.90. The highest BCUT2D eigenvalue weighted by molar-refractivity contribution is 5.95. The number of nitro groups is 1. The highest BCUT2D eigenvalue weighted by Crippen LogP contribution is 2.28. The molecule has 1 amide bonds. The number of halogens is 1. The number of benzene rings is 2. The van der Waals surface area contributed by atoms with Crippen molar-refractivity contribution in [2.45, 2.75) is 13.0 Å². The predicted molar refractivity (Wildman–Crippen MR) is 82.9 cm³/mol. The lowest BCUT2D eigenvalue weighted by molar-refractivity contribution is -0.386. The minimum absolute atomic E-state index is 0.259. The lowest BCUT2D eigenvalue weighted by Crippen LogP contribution is -2.30. The van der Waals surface area contributed by atoms with Crippen LogP contribution < -0.4 is 10.1 Å². The molecule has 0 saturated heterocycles. The molecule has 24 heavy (non-hydrogen) atoms. The summed E-state index contributed by atoms with van der Waals surface area (Å²) in [5.74, 6) is -1.70. The monoisotopic (exact) mass is 329 g/mol. The van der Waals surface area contributed by atoms with Gasteiger partial charge in [-0.3, -0.25) is 14.9 Å². The van der Waals surface area contributed by atoms with Gasteiger partial charge in [0, 0.05) is 12.1 Å². The largest absolute Gasteiger partial charge is 0.474 e. The Labute approximate surface area is 136 Å². The van der Waals surface area contributed by atoms with E-state index in [1.165, 1.54) is 19.1 Å². The Kier molecular flexibility index (Phi) is 5.06. The van der Waals surface area contributed by atoms with Crippen LogP contribution in [-0.2, 0) is 4.79 Å². The van der Waals surface area contributed by atoms with Crippen LogP contribution in [0.4, 0.5) is 15.8 Å². The lowest BCUT2D eigenvalue weighted by Gasteiger charge is -2.15. The van der Waals surface area contributed by atoms with E-state index in [1.807, 2.05) is 6.07 Å².